The average molecular weight is 525 g/mol. The summed E-state index contributed by atoms with van der Waals surface area (Å²) in [5.74, 6) is -0.513. The lowest BCUT2D eigenvalue weighted by atomic mass is 10.1. The Morgan fingerprint density at radius 3 is 2.46 bits per heavy atom. The molecular formula is C27H29FN4O4S. The van der Waals surface area contributed by atoms with Crippen LogP contribution in [-0.4, -0.2) is 70.7 Å². The third-order valence-electron chi connectivity index (χ3n) is 6.54. The largest absolute Gasteiger partial charge is 0.337 e. The molecule has 0 radical (unpaired) electrons. The number of piperazine rings is 1. The van der Waals surface area contributed by atoms with Crippen molar-refractivity contribution in [3.05, 3.63) is 97.5 Å². The lowest BCUT2D eigenvalue weighted by Gasteiger charge is -2.36. The number of nitro groups is 1. The average Bonchev–Trinajstić information content (AvgIpc) is 3.40. The van der Waals surface area contributed by atoms with Crippen molar-refractivity contribution >= 4 is 28.8 Å². The molecule has 2 heterocycles. The normalized spacial score (nSPS) is 13.9. The molecule has 4 rings (SSSR count). The molecule has 2 aromatic carbocycles. The number of hydrogen-bond acceptors (Lipinski definition) is 6. The van der Waals surface area contributed by atoms with E-state index in [0.717, 1.165) is 10.4 Å². The zero-order valence-electron chi connectivity index (χ0n) is 20.6. The van der Waals surface area contributed by atoms with Crippen LogP contribution < -0.4 is 0 Å². The molecule has 0 aliphatic carbocycles. The third kappa shape index (κ3) is 6.99. The lowest BCUT2D eigenvalue weighted by molar-refractivity contribution is -0.385. The molecule has 1 aromatic heterocycles. The Bertz CT molecular complexity index is 1240. The summed E-state index contributed by atoms with van der Waals surface area (Å²) in [5, 5.41) is 13.2. The van der Waals surface area contributed by atoms with Crippen LogP contribution in [0.4, 0.5) is 10.1 Å². The van der Waals surface area contributed by atoms with Gasteiger partial charge in [0.2, 0.25) is 5.91 Å². The first-order valence-corrected chi connectivity index (χ1v) is 13.0. The number of rotatable bonds is 9. The molecule has 1 aliphatic rings. The van der Waals surface area contributed by atoms with E-state index in [-0.39, 0.29) is 23.3 Å². The Balaban J connectivity index is 1.34. The fourth-order valence-corrected chi connectivity index (χ4v) is 5.03. The number of carbonyl (C=O) groups is 2. The van der Waals surface area contributed by atoms with Crippen LogP contribution in [0.2, 0.25) is 0 Å². The van der Waals surface area contributed by atoms with E-state index < -0.39 is 4.92 Å². The summed E-state index contributed by atoms with van der Waals surface area (Å²) in [4.78, 5) is 43.5. The SMILES string of the molecule is Cc1ccc(C(=O)N2CCN(CCN(Cc3ccc(F)cc3)C(=O)Cc3cccs3)CC2)cc1[N+](=O)[O-]. The summed E-state index contributed by atoms with van der Waals surface area (Å²) in [6, 6.07) is 14.6. The molecule has 0 bridgehead atoms. The molecular weight excluding hydrogens is 495 g/mol. The highest BCUT2D eigenvalue weighted by atomic mass is 32.1. The Hall–Kier alpha value is -3.63. The number of carbonyl (C=O) groups excluding carboxylic acids is 2. The molecule has 8 nitrogen and oxygen atoms in total. The molecule has 194 valence electrons. The maximum Gasteiger partial charge on any atom is 0.273 e. The fraction of sp³-hybridized carbons (Fsp3) is 0.333. The molecule has 0 spiro atoms. The molecule has 1 aliphatic heterocycles. The monoisotopic (exact) mass is 524 g/mol. The number of aryl methyl sites for hydroxylation is 1. The van der Waals surface area contributed by atoms with Crippen LogP contribution in [0.25, 0.3) is 0 Å². The zero-order valence-corrected chi connectivity index (χ0v) is 21.5. The Morgan fingerprint density at radius 1 is 1.08 bits per heavy atom. The van der Waals surface area contributed by atoms with Gasteiger partial charge in [-0.2, -0.15) is 0 Å². The van der Waals surface area contributed by atoms with Gasteiger partial charge < -0.3 is 9.80 Å². The standard InChI is InChI=1S/C27H29FN4O4S/c1-20-4-7-22(17-25(20)32(35)36)27(34)30-13-10-29(11-14-30)12-15-31(19-21-5-8-23(28)9-6-21)26(33)18-24-3-2-16-37-24/h2-9,16-17H,10-15,18-19H2,1H3. The van der Waals surface area contributed by atoms with Gasteiger partial charge in [0.15, 0.2) is 0 Å². The van der Waals surface area contributed by atoms with E-state index >= 15 is 0 Å². The Kier molecular flexibility index (Phi) is 8.62. The van der Waals surface area contributed by atoms with Crippen molar-refractivity contribution < 1.29 is 18.9 Å². The third-order valence-corrected chi connectivity index (χ3v) is 7.42. The molecule has 0 atom stereocenters. The van der Waals surface area contributed by atoms with Crippen LogP contribution in [0.3, 0.4) is 0 Å². The first-order chi connectivity index (χ1) is 17.8. The Morgan fingerprint density at radius 2 is 1.81 bits per heavy atom. The molecule has 0 unspecified atom stereocenters. The molecule has 0 saturated carbocycles. The van der Waals surface area contributed by atoms with Crippen LogP contribution in [0.15, 0.2) is 60.0 Å². The van der Waals surface area contributed by atoms with Crippen molar-refractivity contribution in [2.45, 2.75) is 19.9 Å². The van der Waals surface area contributed by atoms with Gasteiger partial charge in [0.25, 0.3) is 11.6 Å². The zero-order chi connectivity index (χ0) is 26.4. The number of nitrogens with zero attached hydrogens (tertiary/aromatic N) is 4. The molecule has 10 heteroatoms. The van der Waals surface area contributed by atoms with Crippen molar-refractivity contribution in [2.75, 3.05) is 39.3 Å². The molecule has 3 aromatic rings. The van der Waals surface area contributed by atoms with E-state index in [9.17, 15) is 24.1 Å². The fourth-order valence-electron chi connectivity index (χ4n) is 4.33. The summed E-state index contributed by atoms with van der Waals surface area (Å²) in [6.45, 7) is 5.50. The number of nitro benzene ring substituents is 1. The van der Waals surface area contributed by atoms with Crippen molar-refractivity contribution in [3.63, 3.8) is 0 Å². The number of halogens is 1. The van der Waals surface area contributed by atoms with E-state index in [2.05, 4.69) is 4.90 Å². The molecule has 0 N–H and O–H groups in total. The summed E-state index contributed by atoms with van der Waals surface area (Å²) in [6.07, 6.45) is 0.323. The summed E-state index contributed by atoms with van der Waals surface area (Å²) >= 11 is 1.54. The van der Waals surface area contributed by atoms with Gasteiger partial charge in [-0.3, -0.25) is 24.6 Å². The van der Waals surface area contributed by atoms with Crippen molar-refractivity contribution in [1.29, 1.82) is 0 Å². The molecule has 1 fully saturated rings. The highest BCUT2D eigenvalue weighted by Crippen LogP contribution is 2.21. The van der Waals surface area contributed by atoms with Crippen LogP contribution in [0.1, 0.15) is 26.4 Å². The predicted molar refractivity (Wildman–Crippen MR) is 140 cm³/mol. The highest BCUT2D eigenvalue weighted by Gasteiger charge is 2.25. The maximum absolute atomic E-state index is 13.4. The van der Waals surface area contributed by atoms with Gasteiger partial charge in [0.05, 0.1) is 11.3 Å². The van der Waals surface area contributed by atoms with Crippen LogP contribution in [0, 0.1) is 22.9 Å². The lowest BCUT2D eigenvalue weighted by Crippen LogP contribution is -2.50. The van der Waals surface area contributed by atoms with Gasteiger partial charge >= 0.3 is 0 Å². The molecule has 2 amide bonds. The second kappa shape index (κ2) is 12.1. The molecule has 37 heavy (non-hydrogen) atoms. The predicted octanol–water partition coefficient (Wildman–Crippen LogP) is 4.13. The van der Waals surface area contributed by atoms with Gasteiger partial charge in [-0.25, -0.2) is 4.39 Å². The van der Waals surface area contributed by atoms with E-state index in [1.165, 1.54) is 18.2 Å². The van der Waals surface area contributed by atoms with E-state index in [1.807, 2.05) is 17.5 Å². The van der Waals surface area contributed by atoms with Crippen LogP contribution in [-0.2, 0) is 17.8 Å². The van der Waals surface area contributed by atoms with E-state index in [1.54, 1.807) is 52.3 Å². The van der Waals surface area contributed by atoms with Gasteiger partial charge in [0, 0.05) is 67.9 Å². The second-order valence-electron chi connectivity index (χ2n) is 9.09. The van der Waals surface area contributed by atoms with Crippen LogP contribution in [0.5, 0.6) is 0 Å². The van der Waals surface area contributed by atoms with Crippen molar-refractivity contribution in [2.24, 2.45) is 0 Å². The minimum Gasteiger partial charge on any atom is -0.337 e. The summed E-state index contributed by atoms with van der Waals surface area (Å²) in [7, 11) is 0. The first kappa shape index (κ1) is 26.4. The van der Waals surface area contributed by atoms with Crippen LogP contribution >= 0.6 is 11.3 Å². The number of thiophene rings is 1. The summed E-state index contributed by atoms with van der Waals surface area (Å²) < 4.78 is 13.4. The summed E-state index contributed by atoms with van der Waals surface area (Å²) in [5.41, 5.74) is 1.64. The minimum atomic E-state index is -0.471. The number of hydrogen-bond donors (Lipinski definition) is 0. The Labute approximate surface area is 219 Å². The van der Waals surface area contributed by atoms with Gasteiger partial charge in [-0.1, -0.05) is 24.3 Å². The van der Waals surface area contributed by atoms with Gasteiger partial charge in [-0.05, 0) is 42.1 Å². The number of amides is 2. The second-order valence-corrected chi connectivity index (χ2v) is 10.1. The van der Waals surface area contributed by atoms with Crippen molar-refractivity contribution in [1.82, 2.24) is 14.7 Å². The topological polar surface area (TPSA) is 87.0 Å². The van der Waals surface area contributed by atoms with Gasteiger partial charge in [0.1, 0.15) is 5.82 Å². The first-order valence-electron chi connectivity index (χ1n) is 12.1. The maximum atomic E-state index is 13.4. The quantitative estimate of drug-likeness (QED) is 0.310. The van der Waals surface area contributed by atoms with E-state index in [0.29, 0.717) is 63.4 Å². The minimum absolute atomic E-state index is 0.0153. The number of benzene rings is 2. The molecule has 1 saturated heterocycles. The van der Waals surface area contributed by atoms with Gasteiger partial charge in [-0.15, -0.1) is 11.3 Å². The van der Waals surface area contributed by atoms with Crippen molar-refractivity contribution in [3.8, 4) is 0 Å². The highest BCUT2D eigenvalue weighted by molar-refractivity contribution is 7.10. The van der Waals surface area contributed by atoms with E-state index in [4.69, 9.17) is 0 Å². The smallest absolute Gasteiger partial charge is 0.273 e.